The van der Waals surface area contributed by atoms with E-state index < -0.39 is 0 Å². The van der Waals surface area contributed by atoms with Gasteiger partial charge in [-0.15, -0.1) is 0 Å². The number of ether oxygens (including phenoxy) is 1. The summed E-state index contributed by atoms with van der Waals surface area (Å²) in [6, 6.07) is 41.9. The van der Waals surface area contributed by atoms with Gasteiger partial charge >= 0.3 is 29.6 Å². The Hall–Kier alpha value is -4.42. The Kier molecular flexibility index (Phi) is 14.7. The van der Waals surface area contributed by atoms with E-state index in [1.54, 1.807) is 12.1 Å². The molecule has 0 spiro atoms. The van der Waals surface area contributed by atoms with E-state index in [1.807, 2.05) is 72.8 Å². The minimum atomic E-state index is 0. The summed E-state index contributed by atoms with van der Waals surface area (Å²) in [5, 5.41) is 36.5. The third-order valence-electron chi connectivity index (χ3n) is 6.18. The summed E-state index contributed by atoms with van der Waals surface area (Å²) in [7, 11) is 3.23. The van der Waals surface area contributed by atoms with Crippen molar-refractivity contribution in [2.24, 2.45) is 0 Å². The number of nitriles is 1. The van der Waals surface area contributed by atoms with Crippen molar-refractivity contribution in [3.8, 4) is 28.6 Å². The van der Waals surface area contributed by atoms with Crippen LogP contribution in [-0.2, 0) is 4.74 Å². The molecule has 2 N–H and O–H groups in total. The summed E-state index contributed by atoms with van der Waals surface area (Å²) >= 11 is 0. The summed E-state index contributed by atoms with van der Waals surface area (Å²) in [5.74, 6) is 0.0760. The first kappa shape index (κ1) is 34.8. The molecule has 43 heavy (non-hydrogen) atoms. The van der Waals surface area contributed by atoms with E-state index in [9.17, 15) is 0 Å². The van der Waals surface area contributed by atoms with E-state index in [2.05, 4.69) is 52.4 Å². The SMILES string of the molecule is CO.COC(=N)c1cccc(-c2cccc3ccccc23)n1.C[O-].N#Cc1cccc(-c2cccc3ccccc23)n1.[Na+]. The molecule has 0 radical (unpaired) electrons. The molecule has 0 saturated heterocycles. The maximum absolute atomic E-state index is 8.91. The zero-order valence-corrected chi connectivity index (χ0v) is 26.7. The normalized spacial score (nSPS) is 9.40. The molecule has 2 heterocycles. The maximum atomic E-state index is 8.91. The number of nitrogens with zero attached hydrogens (tertiary/aromatic N) is 3. The first-order chi connectivity index (χ1) is 20.7. The number of methoxy groups -OCH3 is 1. The Morgan fingerprint density at radius 3 is 1.63 bits per heavy atom. The third kappa shape index (κ3) is 8.79. The molecule has 0 atom stereocenters. The summed E-state index contributed by atoms with van der Waals surface area (Å²) < 4.78 is 4.94. The van der Waals surface area contributed by atoms with Gasteiger partial charge in [0.1, 0.15) is 17.5 Å². The maximum Gasteiger partial charge on any atom is 1.00 e. The smallest absolute Gasteiger partial charge is 0.857 e. The first-order valence-corrected chi connectivity index (χ1v) is 13.0. The van der Waals surface area contributed by atoms with Crippen molar-refractivity contribution in [3.05, 3.63) is 133 Å². The molecule has 0 bridgehead atoms. The molecule has 210 valence electrons. The van der Waals surface area contributed by atoms with Gasteiger partial charge in [0.15, 0.2) is 0 Å². The molecule has 8 heteroatoms. The van der Waals surface area contributed by atoms with Crippen molar-refractivity contribution in [1.82, 2.24) is 9.97 Å². The topological polar surface area (TPSA) is 126 Å². The summed E-state index contributed by atoms with van der Waals surface area (Å²) in [5.41, 5.74) is 4.80. The number of nitrogens with one attached hydrogen (secondary N) is 1. The molecule has 0 saturated carbocycles. The van der Waals surface area contributed by atoms with Gasteiger partial charge in [0, 0.05) is 18.2 Å². The molecule has 0 aliphatic heterocycles. The zero-order valence-electron chi connectivity index (χ0n) is 24.7. The van der Waals surface area contributed by atoms with Crippen LogP contribution >= 0.6 is 0 Å². The number of aliphatic hydroxyl groups is 1. The average Bonchev–Trinajstić information content (AvgIpc) is 3.09. The fourth-order valence-electron chi connectivity index (χ4n) is 4.36. The zero-order chi connectivity index (χ0) is 30.3. The molecular weight excluding hydrogens is 547 g/mol. The van der Waals surface area contributed by atoms with Crippen molar-refractivity contribution in [3.63, 3.8) is 0 Å². The number of hydrogen-bond acceptors (Lipinski definition) is 7. The largest absolute Gasteiger partial charge is 1.00 e. The molecular formula is C35H31N4NaO3. The molecule has 6 aromatic rings. The van der Waals surface area contributed by atoms with E-state index in [0.29, 0.717) is 11.4 Å². The molecule has 0 aliphatic carbocycles. The Morgan fingerprint density at radius 2 is 1.12 bits per heavy atom. The second-order valence-electron chi connectivity index (χ2n) is 8.51. The van der Waals surface area contributed by atoms with Crippen LogP contribution in [0.3, 0.4) is 0 Å². The Labute approximate surface area is 273 Å². The van der Waals surface area contributed by atoms with Crippen molar-refractivity contribution in [1.29, 1.82) is 10.7 Å². The van der Waals surface area contributed by atoms with E-state index in [4.69, 9.17) is 25.6 Å². The van der Waals surface area contributed by atoms with Gasteiger partial charge in [0.25, 0.3) is 0 Å². The predicted octanol–water partition coefficient (Wildman–Crippen LogP) is 3.24. The number of aliphatic hydroxyl groups excluding tert-OH is 1. The van der Waals surface area contributed by atoms with E-state index in [-0.39, 0.29) is 35.5 Å². The average molecular weight is 579 g/mol. The standard InChI is InChI=1S/C17H14N2O.C16H10N2.CH4O.CH3O.Na/c1-20-17(18)16-11-5-10-15(19-16)14-9-4-7-12-6-2-3-8-13(12)14;17-11-13-7-4-10-16(18-13)15-9-3-6-12-5-1-2-8-14(12)15;2*1-2;/h2-11,18H,1H3;1-10H;2H,1H3;1H3;/q;;;-1;+1. The van der Waals surface area contributed by atoms with Crippen LogP contribution in [0.15, 0.2) is 121 Å². The number of benzene rings is 4. The van der Waals surface area contributed by atoms with Crippen LogP contribution in [0, 0.1) is 16.7 Å². The van der Waals surface area contributed by atoms with Gasteiger partial charge in [0.2, 0.25) is 5.90 Å². The van der Waals surface area contributed by atoms with Gasteiger partial charge in [-0.1, -0.05) is 97.1 Å². The fraction of sp³-hybridized carbons (Fsp3) is 0.0857. The first-order valence-electron chi connectivity index (χ1n) is 13.0. The molecule has 0 aliphatic rings. The number of rotatable bonds is 3. The van der Waals surface area contributed by atoms with Gasteiger partial charge in [-0.2, -0.15) is 12.4 Å². The van der Waals surface area contributed by atoms with E-state index in [1.165, 1.54) is 17.9 Å². The monoisotopic (exact) mass is 578 g/mol. The summed E-state index contributed by atoms with van der Waals surface area (Å²) in [6.45, 7) is 0. The fourth-order valence-corrected chi connectivity index (χ4v) is 4.36. The second-order valence-corrected chi connectivity index (χ2v) is 8.51. The molecule has 0 fully saturated rings. The number of pyridine rings is 2. The number of aromatic nitrogens is 2. The summed E-state index contributed by atoms with van der Waals surface area (Å²) in [4.78, 5) is 8.86. The molecule has 4 aromatic carbocycles. The summed E-state index contributed by atoms with van der Waals surface area (Å²) in [6.07, 6.45) is 0. The van der Waals surface area contributed by atoms with Gasteiger partial charge in [-0.3, -0.25) is 5.41 Å². The minimum absolute atomic E-state index is 0. The van der Waals surface area contributed by atoms with Crippen molar-refractivity contribution in [2.75, 3.05) is 21.3 Å². The van der Waals surface area contributed by atoms with Crippen LogP contribution in [0.25, 0.3) is 44.1 Å². The van der Waals surface area contributed by atoms with E-state index in [0.717, 1.165) is 47.5 Å². The quantitative estimate of drug-likeness (QED) is 0.189. The Morgan fingerprint density at radius 1 is 0.674 bits per heavy atom. The van der Waals surface area contributed by atoms with Crippen molar-refractivity contribution >= 4 is 27.4 Å². The van der Waals surface area contributed by atoms with Gasteiger partial charge in [-0.05, 0) is 45.8 Å². The number of fused-ring (bicyclic) bond motifs is 2. The molecule has 7 nitrogen and oxygen atoms in total. The van der Waals surface area contributed by atoms with Gasteiger partial charge in [0.05, 0.1) is 18.5 Å². The molecule has 2 aromatic heterocycles. The van der Waals surface area contributed by atoms with Crippen LogP contribution in [0.2, 0.25) is 0 Å². The minimum Gasteiger partial charge on any atom is -0.857 e. The molecule has 6 rings (SSSR count). The van der Waals surface area contributed by atoms with Crippen LogP contribution < -0.4 is 34.7 Å². The van der Waals surface area contributed by atoms with Crippen molar-refractivity contribution < 1.29 is 44.5 Å². The van der Waals surface area contributed by atoms with Gasteiger partial charge in [-0.25, -0.2) is 9.97 Å². The van der Waals surface area contributed by atoms with Crippen molar-refractivity contribution in [2.45, 2.75) is 0 Å². The number of hydrogen-bond donors (Lipinski definition) is 2. The third-order valence-corrected chi connectivity index (χ3v) is 6.18. The van der Waals surface area contributed by atoms with Crippen LogP contribution in [0.4, 0.5) is 0 Å². The van der Waals surface area contributed by atoms with E-state index >= 15 is 0 Å². The predicted molar refractivity (Wildman–Crippen MR) is 167 cm³/mol. The van der Waals surface area contributed by atoms with Crippen LogP contribution in [0.5, 0.6) is 0 Å². The van der Waals surface area contributed by atoms with Gasteiger partial charge < -0.3 is 14.9 Å². The Balaban J connectivity index is 0.000000265. The molecule has 0 amide bonds. The van der Waals surface area contributed by atoms with Crippen LogP contribution in [-0.4, -0.2) is 42.3 Å². The molecule has 0 unspecified atom stereocenters. The van der Waals surface area contributed by atoms with Crippen LogP contribution in [0.1, 0.15) is 11.4 Å². The second kappa shape index (κ2) is 18.2. The Bertz CT molecular complexity index is 1810.